The molecule has 0 aliphatic heterocycles. The summed E-state index contributed by atoms with van der Waals surface area (Å²) in [6, 6.07) is 46.3. The van der Waals surface area contributed by atoms with Crippen LogP contribution in [0.4, 0.5) is 0 Å². The minimum absolute atomic E-state index is 0.103. The largest absolute Gasteiger partial charge is 0.364 e. The van der Waals surface area contributed by atoms with Gasteiger partial charge in [0.15, 0.2) is 11.6 Å². The molecule has 0 amide bonds. The molecule has 0 aliphatic carbocycles. The van der Waals surface area contributed by atoms with E-state index in [2.05, 4.69) is 60.0 Å². The molecule has 0 radical (unpaired) electrons. The van der Waals surface area contributed by atoms with Crippen LogP contribution in [0.2, 0.25) is 0 Å². The normalized spacial score (nSPS) is 14.5. The number of hydrogen-bond donors (Lipinski definition) is 0. The molecule has 0 fully saturated rings. The van der Waals surface area contributed by atoms with Crippen LogP contribution in [0, 0.1) is 0 Å². The molecule has 0 N–H and O–H groups in total. The summed E-state index contributed by atoms with van der Waals surface area (Å²) in [7, 11) is 7.97. The average molecular weight is 681 g/mol. The van der Waals surface area contributed by atoms with Crippen LogP contribution in [0.5, 0.6) is 0 Å². The molecule has 0 bridgehead atoms. The zero-order chi connectivity index (χ0) is 36.4. The number of likely N-dealkylation sites (N-methyl/N-ethyl adjacent to an activating group) is 2. The summed E-state index contributed by atoms with van der Waals surface area (Å²) in [5, 5.41) is 0. The van der Waals surface area contributed by atoms with Gasteiger partial charge in [-0.2, -0.15) is 0 Å². The highest BCUT2D eigenvalue weighted by Crippen LogP contribution is 2.33. The lowest BCUT2D eigenvalue weighted by Gasteiger charge is -2.38. The van der Waals surface area contributed by atoms with Crippen LogP contribution >= 0.6 is 0 Å². The van der Waals surface area contributed by atoms with Crippen LogP contribution in [0.25, 0.3) is 0 Å². The second-order valence-electron chi connectivity index (χ2n) is 14.0. The Labute approximate surface area is 304 Å². The molecule has 0 aromatic heterocycles. The van der Waals surface area contributed by atoms with Crippen molar-refractivity contribution < 1.29 is 14.3 Å². The van der Waals surface area contributed by atoms with Gasteiger partial charge in [-0.25, -0.2) is 0 Å². The van der Waals surface area contributed by atoms with E-state index in [1.54, 1.807) is 0 Å². The van der Waals surface area contributed by atoms with Crippen molar-refractivity contribution in [3.8, 4) is 0 Å². The Morgan fingerprint density at radius 3 is 1.16 bits per heavy atom. The van der Waals surface area contributed by atoms with Gasteiger partial charge in [-0.3, -0.25) is 19.4 Å². The Morgan fingerprint density at radius 1 is 0.510 bits per heavy atom. The molecule has 0 saturated carbocycles. The van der Waals surface area contributed by atoms with Gasteiger partial charge in [0.2, 0.25) is 0 Å². The van der Waals surface area contributed by atoms with Gasteiger partial charge in [0, 0.05) is 11.1 Å². The second kappa shape index (κ2) is 17.0. The zero-order valence-corrected chi connectivity index (χ0v) is 31.0. The molecule has 0 spiro atoms. The van der Waals surface area contributed by atoms with E-state index in [9.17, 15) is 9.59 Å². The van der Waals surface area contributed by atoms with Gasteiger partial charge in [-0.15, -0.1) is 0 Å². The number of ether oxygens (including phenoxy) is 1. The predicted octanol–water partition coefficient (Wildman–Crippen LogP) is 9.26. The minimum atomic E-state index is -0.671. The number of carbonyl (C=O) groups is 2. The Bertz CT molecular complexity index is 1720. The molecule has 0 heterocycles. The molecular weight excluding hydrogens is 629 g/mol. The highest BCUT2D eigenvalue weighted by molar-refractivity contribution is 6.04. The lowest BCUT2D eigenvalue weighted by atomic mass is 9.79. The van der Waals surface area contributed by atoms with Crippen LogP contribution in [-0.4, -0.2) is 60.6 Å². The molecule has 5 aromatic rings. The monoisotopic (exact) mass is 680 g/mol. The summed E-state index contributed by atoms with van der Waals surface area (Å²) in [6.07, 6.45) is 2.22. The van der Waals surface area contributed by atoms with Crippen molar-refractivity contribution in [2.24, 2.45) is 0 Å². The summed E-state index contributed by atoms with van der Waals surface area (Å²) >= 11 is 0. The van der Waals surface area contributed by atoms with Gasteiger partial charge in [0.25, 0.3) is 0 Å². The van der Waals surface area contributed by atoms with Gasteiger partial charge in [-0.1, -0.05) is 153 Å². The summed E-state index contributed by atoms with van der Waals surface area (Å²) in [5.41, 5.74) is 5.23. The van der Waals surface area contributed by atoms with Crippen molar-refractivity contribution in [3.05, 3.63) is 178 Å². The first-order valence-corrected chi connectivity index (χ1v) is 18.0. The number of rotatable bonds is 17. The fraction of sp³-hybridized carbons (Fsp3) is 0.304. The quantitative estimate of drug-likeness (QED) is 0.0917. The lowest BCUT2D eigenvalue weighted by Crippen LogP contribution is -2.52. The minimum Gasteiger partial charge on any atom is -0.364 e. The van der Waals surface area contributed by atoms with E-state index in [0.717, 1.165) is 27.8 Å². The summed E-state index contributed by atoms with van der Waals surface area (Å²) < 4.78 is 6.63. The SMILES string of the molecule is CCC(Cc1ccccc1)(C(=O)c1ccc(C(OCc2ccccc2)c2ccc(C(=O)C(CC)(Cc3ccccc3)N(C)C)cc2)cc1)N(C)C. The Hall–Kier alpha value is -4.68. The number of carbonyl (C=O) groups excluding carboxylic acids is 2. The third-order valence-electron chi connectivity index (χ3n) is 10.6. The molecule has 2 atom stereocenters. The van der Waals surface area contributed by atoms with Gasteiger partial charge in [0.05, 0.1) is 17.7 Å². The first-order valence-electron chi connectivity index (χ1n) is 18.0. The fourth-order valence-electron chi connectivity index (χ4n) is 7.25. The fourth-order valence-corrected chi connectivity index (χ4v) is 7.25. The van der Waals surface area contributed by atoms with Crippen molar-refractivity contribution in [2.45, 2.75) is 63.3 Å². The van der Waals surface area contributed by atoms with E-state index >= 15 is 0 Å². The maximum absolute atomic E-state index is 14.3. The van der Waals surface area contributed by atoms with Gasteiger partial charge >= 0.3 is 0 Å². The standard InChI is InChI=1S/C46H52N2O3/c1-7-45(47(3)4,32-35-18-12-9-13-19-35)43(49)40-28-24-38(25-29-40)42(51-34-37-22-16-11-17-23-37)39-26-30-41(31-27-39)44(50)46(8-2,48(5)6)33-36-20-14-10-15-21-36/h9-31,42H,7-8,32-34H2,1-6H3. The van der Waals surface area contributed by atoms with Gasteiger partial charge in [0.1, 0.15) is 6.10 Å². The smallest absolute Gasteiger partial charge is 0.183 e. The lowest BCUT2D eigenvalue weighted by molar-refractivity contribution is 0.0653. The van der Waals surface area contributed by atoms with Crippen LogP contribution < -0.4 is 0 Å². The first-order chi connectivity index (χ1) is 24.6. The van der Waals surface area contributed by atoms with E-state index in [0.29, 0.717) is 43.4 Å². The third-order valence-corrected chi connectivity index (χ3v) is 10.6. The summed E-state index contributed by atoms with van der Waals surface area (Å²) in [6.45, 7) is 4.59. The first kappa shape index (κ1) is 37.6. The Balaban J connectivity index is 1.45. The topological polar surface area (TPSA) is 49.9 Å². The van der Waals surface area contributed by atoms with Gasteiger partial charge in [-0.05, 0) is 81.7 Å². The molecule has 5 aromatic carbocycles. The van der Waals surface area contributed by atoms with Crippen LogP contribution in [0.1, 0.15) is 81.3 Å². The molecule has 2 unspecified atom stereocenters. The number of Topliss-reactive ketones (excluding diaryl/α,β-unsaturated/α-hetero) is 2. The van der Waals surface area contributed by atoms with Crippen LogP contribution in [0.15, 0.2) is 140 Å². The van der Waals surface area contributed by atoms with E-state index in [-0.39, 0.29) is 11.6 Å². The maximum Gasteiger partial charge on any atom is 0.183 e. The highest BCUT2D eigenvalue weighted by atomic mass is 16.5. The summed E-state index contributed by atoms with van der Waals surface area (Å²) in [4.78, 5) is 32.7. The molecule has 0 saturated heterocycles. The van der Waals surface area contributed by atoms with Crippen molar-refractivity contribution in [1.29, 1.82) is 0 Å². The number of ketones is 2. The zero-order valence-electron chi connectivity index (χ0n) is 31.0. The van der Waals surface area contributed by atoms with Crippen molar-refractivity contribution in [3.63, 3.8) is 0 Å². The maximum atomic E-state index is 14.3. The van der Waals surface area contributed by atoms with Crippen LogP contribution in [-0.2, 0) is 24.2 Å². The second-order valence-corrected chi connectivity index (χ2v) is 14.0. The molecule has 5 rings (SSSR count). The number of hydrogen-bond acceptors (Lipinski definition) is 5. The van der Waals surface area contributed by atoms with Crippen molar-refractivity contribution in [1.82, 2.24) is 9.80 Å². The molecule has 5 heteroatoms. The van der Waals surface area contributed by atoms with E-state index in [1.807, 2.05) is 131 Å². The Morgan fingerprint density at radius 2 is 0.843 bits per heavy atom. The third kappa shape index (κ3) is 8.45. The number of nitrogens with zero attached hydrogens (tertiary/aromatic N) is 2. The van der Waals surface area contributed by atoms with Crippen LogP contribution in [0.3, 0.4) is 0 Å². The number of benzene rings is 5. The Kier molecular flexibility index (Phi) is 12.5. The van der Waals surface area contributed by atoms with E-state index in [1.165, 1.54) is 0 Å². The molecule has 5 nitrogen and oxygen atoms in total. The molecule has 0 aliphatic rings. The molecule has 264 valence electrons. The average Bonchev–Trinajstić information content (AvgIpc) is 3.17. The van der Waals surface area contributed by atoms with E-state index < -0.39 is 17.2 Å². The summed E-state index contributed by atoms with van der Waals surface area (Å²) in [5.74, 6) is 0.205. The highest BCUT2D eigenvalue weighted by Gasteiger charge is 2.41. The van der Waals surface area contributed by atoms with E-state index in [4.69, 9.17) is 4.74 Å². The van der Waals surface area contributed by atoms with Crippen molar-refractivity contribution >= 4 is 11.6 Å². The molecular formula is C46H52N2O3. The van der Waals surface area contributed by atoms with Crippen molar-refractivity contribution in [2.75, 3.05) is 28.2 Å². The molecule has 51 heavy (non-hydrogen) atoms. The van der Waals surface area contributed by atoms with Gasteiger partial charge < -0.3 is 4.74 Å². The predicted molar refractivity (Wildman–Crippen MR) is 208 cm³/mol.